The molecule has 0 N–H and O–H groups in total. The van der Waals surface area contributed by atoms with Crippen LogP contribution >= 0.6 is 0 Å². The summed E-state index contributed by atoms with van der Waals surface area (Å²) in [4.78, 5) is 9.86. The van der Waals surface area contributed by atoms with Gasteiger partial charge in [0.1, 0.15) is 0 Å². The Balaban J connectivity index is 1.02. The highest BCUT2D eigenvalue weighted by Crippen LogP contribution is 2.20. The summed E-state index contributed by atoms with van der Waals surface area (Å²) in [6, 6.07) is 9.92. The van der Waals surface area contributed by atoms with E-state index >= 15 is 0 Å². The Morgan fingerprint density at radius 1 is 0.486 bits per heavy atom. The average Bonchev–Trinajstić information content (AvgIpc) is 2.91. The zero-order valence-corrected chi connectivity index (χ0v) is 22.0. The van der Waals surface area contributed by atoms with Gasteiger partial charge < -0.3 is 9.13 Å². The van der Waals surface area contributed by atoms with Crippen molar-refractivity contribution in [2.75, 3.05) is 0 Å². The van der Waals surface area contributed by atoms with Crippen LogP contribution in [0.15, 0.2) is 59.0 Å². The van der Waals surface area contributed by atoms with Crippen molar-refractivity contribution in [3.8, 4) is 0 Å². The van der Waals surface area contributed by atoms with Crippen molar-refractivity contribution >= 4 is 0 Å². The summed E-state index contributed by atoms with van der Waals surface area (Å²) in [5, 5.41) is 2.33. The lowest BCUT2D eigenvalue weighted by Gasteiger charge is -2.17. The second-order valence-corrected chi connectivity index (χ2v) is 10.9. The van der Waals surface area contributed by atoms with Gasteiger partial charge in [-0.05, 0) is 62.8 Å². The van der Waals surface area contributed by atoms with Crippen molar-refractivity contribution in [3.63, 3.8) is 0 Å². The van der Waals surface area contributed by atoms with Gasteiger partial charge in [0.15, 0.2) is 0 Å². The molecule has 0 aromatic carbocycles. The van der Waals surface area contributed by atoms with Crippen LogP contribution in [0.3, 0.4) is 0 Å². The molecule has 2 aliphatic rings. The molecular weight excluding hydrogens is 428 g/mol. The van der Waals surface area contributed by atoms with E-state index in [4.69, 9.17) is 9.98 Å². The second kappa shape index (κ2) is 15.1. The fourth-order valence-electron chi connectivity index (χ4n) is 5.68. The van der Waals surface area contributed by atoms with Crippen molar-refractivity contribution in [1.29, 1.82) is 0 Å². The molecule has 0 amide bonds. The van der Waals surface area contributed by atoms with E-state index in [2.05, 4.69) is 58.2 Å². The van der Waals surface area contributed by atoms with E-state index in [-0.39, 0.29) is 0 Å². The maximum atomic E-state index is 4.93. The van der Waals surface area contributed by atoms with E-state index in [1.807, 2.05) is 0 Å². The molecule has 2 saturated carbocycles. The molecule has 0 aliphatic heterocycles. The SMILES string of the molecule is c1cn(CCCCCCCCCn2ccc(=NC3CCCCC3)cc2)ccc1=NC1CCCCC1. The van der Waals surface area contributed by atoms with Gasteiger partial charge in [0, 0.05) is 37.9 Å². The lowest BCUT2D eigenvalue weighted by molar-refractivity contribution is 0.437. The quantitative estimate of drug-likeness (QED) is 0.291. The predicted octanol–water partition coefficient (Wildman–Crippen LogP) is 7.19. The van der Waals surface area contributed by atoms with Gasteiger partial charge in [-0.1, -0.05) is 70.6 Å². The van der Waals surface area contributed by atoms with Gasteiger partial charge in [-0.3, -0.25) is 9.98 Å². The van der Waals surface area contributed by atoms with Crippen LogP contribution in [0.1, 0.15) is 109 Å². The molecule has 4 nitrogen and oxygen atoms in total. The number of pyridine rings is 2. The number of nitrogens with zero attached hydrogens (tertiary/aromatic N) is 4. The molecule has 2 heterocycles. The molecule has 0 atom stereocenters. The van der Waals surface area contributed by atoms with Crippen molar-refractivity contribution in [2.24, 2.45) is 9.98 Å². The topological polar surface area (TPSA) is 34.6 Å². The molecule has 2 fully saturated rings. The van der Waals surface area contributed by atoms with E-state index in [0.717, 1.165) is 23.8 Å². The molecule has 2 aromatic heterocycles. The first kappa shape index (κ1) is 26.0. The molecule has 0 saturated heterocycles. The fraction of sp³-hybridized carbons (Fsp3) is 0.677. The minimum atomic E-state index is 0.561. The molecular formula is C31H48N4. The average molecular weight is 477 g/mol. The molecule has 0 radical (unpaired) electrons. The van der Waals surface area contributed by atoms with E-state index < -0.39 is 0 Å². The third-order valence-corrected chi connectivity index (χ3v) is 7.89. The zero-order valence-electron chi connectivity index (χ0n) is 22.0. The number of aromatic nitrogens is 2. The zero-order chi connectivity index (χ0) is 24.0. The minimum absolute atomic E-state index is 0.561. The highest BCUT2D eigenvalue weighted by Gasteiger charge is 2.11. The van der Waals surface area contributed by atoms with E-state index in [1.54, 1.807) is 0 Å². The Labute approximate surface area is 213 Å². The fourth-order valence-corrected chi connectivity index (χ4v) is 5.68. The van der Waals surface area contributed by atoms with Gasteiger partial charge in [-0.2, -0.15) is 0 Å². The van der Waals surface area contributed by atoms with E-state index in [0.29, 0.717) is 12.1 Å². The molecule has 4 rings (SSSR count). The highest BCUT2D eigenvalue weighted by atomic mass is 14.9. The van der Waals surface area contributed by atoms with Gasteiger partial charge in [-0.25, -0.2) is 0 Å². The van der Waals surface area contributed by atoms with Crippen LogP contribution in [-0.2, 0) is 13.1 Å². The van der Waals surface area contributed by atoms with Crippen LogP contribution in [0.5, 0.6) is 0 Å². The van der Waals surface area contributed by atoms with Gasteiger partial charge in [0.25, 0.3) is 0 Å². The van der Waals surface area contributed by atoms with Gasteiger partial charge >= 0.3 is 0 Å². The van der Waals surface area contributed by atoms with Crippen molar-refractivity contribution in [1.82, 2.24) is 9.13 Å². The van der Waals surface area contributed by atoms with E-state index in [9.17, 15) is 0 Å². The smallest absolute Gasteiger partial charge is 0.0606 e. The number of unbranched alkanes of at least 4 members (excludes halogenated alkanes) is 6. The maximum absolute atomic E-state index is 4.93. The Morgan fingerprint density at radius 3 is 1.20 bits per heavy atom. The van der Waals surface area contributed by atoms with Crippen LogP contribution in [0.25, 0.3) is 0 Å². The van der Waals surface area contributed by atoms with Crippen molar-refractivity contribution in [3.05, 3.63) is 59.8 Å². The Bertz CT molecular complexity index is 853. The summed E-state index contributed by atoms with van der Waals surface area (Å²) in [5.41, 5.74) is 0. The summed E-state index contributed by atoms with van der Waals surface area (Å²) in [6.45, 7) is 2.26. The summed E-state index contributed by atoms with van der Waals surface area (Å²) < 4.78 is 4.65. The van der Waals surface area contributed by atoms with Crippen molar-refractivity contribution in [2.45, 2.75) is 134 Å². The molecule has 192 valence electrons. The van der Waals surface area contributed by atoms with Gasteiger partial charge in [-0.15, -0.1) is 0 Å². The highest BCUT2D eigenvalue weighted by molar-refractivity contribution is 4.95. The predicted molar refractivity (Wildman–Crippen MR) is 146 cm³/mol. The number of hydrogen-bond donors (Lipinski definition) is 0. The largest absolute Gasteiger partial charge is 0.354 e. The Morgan fingerprint density at radius 2 is 0.829 bits per heavy atom. The number of rotatable bonds is 12. The summed E-state index contributed by atoms with van der Waals surface area (Å²) in [6.07, 6.45) is 31.5. The van der Waals surface area contributed by atoms with Crippen LogP contribution in [0.2, 0.25) is 0 Å². The van der Waals surface area contributed by atoms with Crippen LogP contribution in [0, 0.1) is 0 Å². The molecule has 0 unspecified atom stereocenters. The van der Waals surface area contributed by atoms with Gasteiger partial charge in [0.05, 0.1) is 22.8 Å². The second-order valence-electron chi connectivity index (χ2n) is 10.9. The van der Waals surface area contributed by atoms with Gasteiger partial charge in [0.2, 0.25) is 0 Å². The first-order chi connectivity index (χ1) is 17.3. The maximum Gasteiger partial charge on any atom is 0.0606 e. The van der Waals surface area contributed by atoms with E-state index in [1.165, 1.54) is 109 Å². The molecule has 0 spiro atoms. The Kier molecular flexibility index (Phi) is 11.2. The third-order valence-electron chi connectivity index (χ3n) is 7.89. The molecule has 4 heteroatoms. The monoisotopic (exact) mass is 476 g/mol. The third kappa shape index (κ3) is 9.82. The summed E-state index contributed by atoms with van der Waals surface area (Å²) in [7, 11) is 0. The van der Waals surface area contributed by atoms with Crippen LogP contribution < -0.4 is 10.7 Å². The summed E-state index contributed by atoms with van der Waals surface area (Å²) in [5.74, 6) is 0. The van der Waals surface area contributed by atoms with Crippen molar-refractivity contribution < 1.29 is 0 Å². The first-order valence-electron chi connectivity index (χ1n) is 14.7. The molecule has 2 aliphatic carbocycles. The molecule has 0 bridgehead atoms. The number of hydrogen-bond acceptors (Lipinski definition) is 2. The lowest BCUT2D eigenvalue weighted by Crippen LogP contribution is -2.15. The molecule has 2 aromatic rings. The van der Waals surface area contributed by atoms with Crippen LogP contribution in [-0.4, -0.2) is 21.2 Å². The first-order valence-corrected chi connectivity index (χ1v) is 14.7. The molecule has 35 heavy (non-hydrogen) atoms. The normalized spacial score (nSPS) is 17.4. The summed E-state index contributed by atoms with van der Waals surface area (Å²) >= 11 is 0. The standard InChI is InChI=1S/C31H48N4/c1(2-4-12-22-34-24-18-30(19-25-34)32-28-14-8-6-9-15-28)3-5-13-23-35-26-20-31(21-27-35)33-29-16-10-7-11-17-29/h18-21,24-29H,1-17,22-23H2. The Hall–Kier alpha value is -2.10. The lowest BCUT2D eigenvalue weighted by atomic mass is 9.96. The van der Waals surface area contributed by atoms with Crippen LogP contribution in [0.4, 0.5) is 0 Å². The number of aryl methyl sites for hydroxylation is 2. The minimum Gasteiger partial charge on any atom is -0.354 e.